The second-order valence-electron chi connectivity index (χ2n) is 5.88. The summed E-state index contributed by atoms with van der Waals surface area (Å²) in [4.78, 5) is 4.26. The summed E-state index contributed by atoms with van der Waals surface area (Å²) < 4.78 is 31.4. The quantitative estimate of drug-likeness (QED) is 0.523. The van der Waals surface area contributed by atoms with Gasteiger partial charge in [-0.1, -0.05) is 22.5 Å². The Balaban J connectivity index is 1.71. The molecule has 0 aliphatic carbocycles. The van der Waals surface area contributed by atoms with Crippen molar-refractivity contribution in [3.05, 3.63) is 54.0 Å². The molecule has 0 fully saturated rings. The molecule has 0 aliphatic rings. The van der Waals surface area contributed by atoms with Gasteiger partial charge >= 0.3 is 0 Å². The van der Waals surface area contributed by atoms with Crippen molar-refractivity contribution in [3.8, 4) is 40.2 Å². The number of ether oxygens (including phenoxy) is 2. The molecule has 0 saturated carbocycles. The zero-order chi connectivity index (χ0) is 19.7. The van der Waals surface area contributed by atoms with Gasteiger partial charge in [-0.05, 0) is 31.2 Å². The number of benzene rings is 2. The van der Waals surface area contributed by atoms with Crippen LogP contribution in [-0.4, -0.2) is 39.4 Å². The summed E-state index contributed by atoms with van der Waals surface area (Å²) >= 11 is 0. The average molecular weight is 381 g/mol. The molecule has 9 heteroatoms. The first-order chi connectivity index (χ1) is 13.6. The molecular weight excluding hydrogens is 365 g/mol. The molecule has 0 atom stereocenters. The largest absolute Gasteiger partial charge is 0.493 e. The van der Waals surface area contributed by atoms with Gasteiger partial charge < -0.3 is 14.0 Å². The zero-order valence-corrected chi connectivity index (χ0v) is 15.4. The summed E-state index contributed by atoms with van der Waals surface area (Å²) in [6.45, 7) is 1.82. The standard InChI is InChI=1S/C19H16FN5O3/c1-11-17(19-21-18(23-28-19)13-6-4-5-7-14(13)20)22-24-25(11)12-8-9-15(26-2)16(10-12)27-3/h4-10H,1-3H3. The maximum atomic E-state index is 13.9. The van der Waals surface area contributed by atoms with E-state index < -0.39 is 5.82 Å². The number of aromatic nitrogens is 5. The van der Waals surface area contributed by atoms with E-state index in [4.69, 9.17) is 14.0 Å². The summed E-state index contributed by atoms with van der Waals surface area (Å²) in [5.74, 6) is 1.04. The number of rotatable bonds is 5. The molecule has 0 unspecified atom stereocenters. The molecule has 0 amide bonds. The van der Waals surface area contributed by atoms with Gasteiger partial charge in [0.05, 0.1) is 31.2 Å². The molecule has 0 saturated heterocycles. The predicted octanol–water partition coefficient (Wildman–Crippen LogP) is 3.45. The third kappa shape index (κ3) is 2.96. The first kappa shape index (κ1) is 17.7. The van der Waals surface area contributed by atoms with Crippen LogP contribution in [0.5, 0.6) is 11.5 Å². The van der Waals surface area contributed by atoms with E-state index in [1.807, 2.05) is 13.0 Å². The van der Waals surface area contributed by atoms with Gasteiger partial charge in [0.2, 0.25) is 5.82 Å². The Labute approximate surface area is 159 Å². The normalized spacial score (nSPS) is 10.9. The molecule has 0 aliphatic heterocycles. The molecule has 0 bridgehead atoms. The Hall–Kier alpha value is -3.75. The third-order valence-electron chi connectivity index (χ3n) is 4.25. The summed E-state index contributed by atoms with van der Waals surface area (Å²) in [5, 5.41) is 12.2. The van der Waals surface area contributed by atoms with Crippen LogP contribution < -0.4 is 9.47 Å². The first-order valence-corrected chi connectivity index (χ1v) is 8.36. The number of nitrogens with zero attached hydrogens (tertiary/aromatic N) is 5. The van der Waals surface area contributed by atoms with E-state index in [2.05, 4.69) is 20.5 Å². The molecular formula is C19H16FN5O3. The fourth-order valence-electron chi connectivity index (χ4n) is 2.80. The van der Waals surface area contributed by atoms with Crippen LogP contribution in [0, 0.1) is 12.7 Å². The van der Waals surface area contributed by atoms with Crippen LogP contribution in [-0.2, 0) is 0 Å². The van der Waals surface area contributed by atoms with Crippen LogP contribution in [0.3, 0.4) is 0 Å². The molecule has 0 radical (unpaired) electrons. The van der Waals surface area contributed by atoms with Crippen molar-refractivity contribution in [1.82, 2.24) is 25.1 Å². The number of hydrogen-bond donors (Lipinski definition) is 0. The molecule has 142 valence electrons. The second kappa shape index (κ2) is 7.10. The van der Waals surface area contributed by atoms with Crippen molar-refractivity contribution in [2.24, 2.45) is 0 Å². The highest BCUT2D eigenvalue weighted by molar-refractivity contribution is 5.60. The van der Waals surface area contributed by atoms with Gasteiger partial charge in [-0.15, -0.1) is 5.10 Å². The van der Waals surface area contributed by atoms with Gasteiger partial charge in [0, 0.05) is 6.07 Å². The van der Waals surface area contributed by atoms with Crippen molar-refractivity contribution in [3.63, 3.8) is 0 Å². The molecule has 8 nitrogen and oxygen atoms in total. The lowest BCUT2D eigenvalue weighted by molar-refractivity contribution is 0.354. The van der Waals surface area contributed by atoms with Gasteiger partial charge in [0.25, 0.3) is 5.89 Å². The highest BCUT2D eigenvalue weighted by Gasteiger charge is 2.20. The van der Waals surface area contributed by atoms with E-state index in [0.29, 0.717) is 22.9 Å². The molecule has 0 N–H and O–H groups in total. The van der Waals surface area contributed by atoms with Crippen molar-refractivity contribution < 1.29 is 18.4 Å². The van der Waals surface area contributed by atoms with E-state index in [1.165, 1.54) is 6.07 Å². The lowest BCUT2D eigenvalue weighted by Crippen LogP contribution is -2.00. The van der Waals surface area contributed by atoms with E-state index in [9.17, 15) is 4.39 Å². The minimum atomic E-state index is -0.430. The molecule has 28 heavy (non-hydrogen) atoms. The highest BCUT2D eigenvalue weighted by atomic mass is 19.1. The summed E-state index contributed by atoms with van der Waals surface area (Å²) in [5.41, 5.74) is 2.06. The van der Waals surface area contributed by atoms with Gasteiger partial charge in [0.1, 0.15) is 5.82 Å². The topological polar surface area (TPSA) is 88.1 Å². The Morgan fingerprint density at radius 2 is 1.82 bits per heavy atom. The van der Waals surface area contributed by atoms with Gasteiger partial charge in [-0.3, -0.25) is 0 Å². The molecule has 2 aromatic carbocycles. The van der Waals surface area contributed by atoms with E-state index >= 15 is 0 Å². The van der Waals surface area contributed by atoms with Gasteiger partial charge in [0.15, 0.2) is 17.2 Å². The zero-order valence-electron chi connectivity index (χ0n) is 15.4. The van der Waals surface area contributed by atoms with Gasteiger partial charge in [-0.2, -0.15) is 4.98 Å². The minimum absolute atomic E-state index is 0.146. The van der Waals surface area contributed by atoms with Crippen LogP contribution >= 0.6 is 0 Å². The van der Waals surface area contributed by atoms with Crippen LogP contribution in [0.25, 0.3) is 28.7 Å². The Morgan fingerprint density at radius 3 is 2.57 bits per heavy atom. The molecule has 0 spiro atoms. The van der Waals surface area contributed by atoms with Gasteiger partial charge in [-0.25, -0.2) is 9.07 Å². The molecule has 4 rings (SSSR count). The number of methoxy groups -OCH3 is 2. The van der Waals surface area contributed by atoms with Crippen molar-refractivity contribution in [2.75, 3.05) is 14.2 Å². The highest BCUT2D eigenvalue weighted by Crippen LogP contribution is 2.31. The second-order valence-corrected chi connectivity index (χ2v) is 5.88. The average Bonchev–Trinajstić information content (AvgIpc) is 3.34. The summed E-state index contributed by atoms with van der Waals surface area (Å²) in [7, 11) is 3.13. The van der Waals surface area contributed by atoms with E-state index in [0.717, 1.165) is 5.69 Å². The fraction of sp³-hybridized carbons (Fsp3) is 0.158. The lowest BCUT2D eigenvalue weighted by Gasteiger charge is -2.10. The maximum absolute atomic E-state index is 13.9. The van der Waals surface area contributed by atoms with Crippen LogP contribution in [0.1, 0.15) is 5.69 Å². The summed E-state index contributed by atoms with van der Waals surface area (Å²) in [6, 6.07) is 11.6. The Bertz CT molecular complexity index is 1140. The third-order valence-corrected chi connectivity index (χ3v) is 4.25. The SMILES string of the molecule is COc1ccc(-n2nnc(-c3nc(-c4ccccc4F)no3)c2C)cc1OC. The van der Waals surface area contributed by atoms with E-state index in [-0.39, 0.29) is 17.3 Å². The lowest BCUT2D eigenvalue weighted by atomic mass is 10.2. The van der Waals surface area contributed by atoms with Crippen LogP contribution in [0.2, 0.25) is 0 Å². The fourth-order valence-corrected chi connectivity index (χ4v) is 2.80. The molecule has 4 aromatic rings. The summed E-state index contributed by atoms with van der Waals surface area (Å²) in [6.07, 6.45) is 0. The Morgan fingerprint density at radius 1 is 1.04 bits per heavy atom. The number of halogens is 1. The monoisotopic (exact) mass is 381 g/mol. The van der Waals surface area contributed by atoms with Crippen molar-refractivity contribution in [2.45, 2.75) is 6.92 Å². The van der Waals surface area contributed by atoms with Crippen molar-refractivity contribution in [1.29, 1.82) is 0 Å². The molecule has 2 aromatic heterocycles. The maximum Gasteiger partial charge on any atom is 0.280 e. The molecule has 2 heterocycles. The van der Waals surface area contributed by atoms with Crippen LogP contribution in [0.15, 0.2) is 47.0 Å². The minimum Gasteiger partial charge on any atom is -0.493 e. The smallest absolute Gasteiger partial charge is 0.280 e. The van der Waals surface area contributed by atoms with Crippen molar-refractivity contribution >= 4 is 0 Å². The van der Waals surface area contributed by atoms with Crippen LogP contribution in [0.4, 0.5) is 4.39 Å². The predicted molar refractivity (Wildman–Crippen MR) is 97.9 cm³/mol. The van der Waals surface area contributed by atoms with E-state index in [1.54, 1.807) is 49.2 Å². The first-order valence-electron chi connectivity index (χ1n) is 8.36. The number of hydrogen-bond acceptors (Lipinski definition) is 7. The Kier molecular flexibility index (Phi) is 4.48.